The third kappa shape index (κ3) is 2.75. The highest BCUT2D eigenvalue weighted by Gasteiger charge is 2.28. The van der Waals surface area contributed by atoms with Crippen molar-refractivity contribution < 1.29 is 4.74 Å². The minimum Gasteiger partial charge on any atom is -0.373 e. The van der Waals surface area contributed by atoms with Crippen molar-refractivity contribution in [1.82, 2.24) is 9.55 Å². The lowest BCUT2D eigenvalue weighted by molar-refractivity contribution is 0.0543. The molecule has 1 aromatic heterocycles. The highest BCUT2D eigenvalue weighted by Crippen LogP contribution is 2.35. The second-order valence-electron chi connectivity index (χ2n) is 5.94. The maximum Gasteiger partial charge on any atom is 0.0951 e. The van der Waals surface area contributed by atoms with Gasteiger partial charge in [-0.2, -0.15) is 0 Å². The molecule has 100 valence electrons. The van der Waals surface area contributed by atoms with Crippen LogP contribution in [0.1, 0.15) is 56.7 Å². The molecule has 0 unspecified atom stereocenters. The van der Waals surface area contributed by atoms with Crippen LogP contribution in [0.5, 0.6) is 0 Å². The molecule has 4 heteroatoms. The monoisotopic (exact) mass is 249 g/mol. The van der Waals surface area contributed by atoms with E-state index in [9.17, 15) is 0 Å². The summed E-state index contributed by atoms with van der Waals surface area (Å²) in [5.41, 5.74) is 7.47. The van der Waals surface area contributed by atoms with Gasteiger partial charge in [0.2, 0.25) is 0 Å². The molecule has 4 nitrogen and oxygen atoms in total. The van der Waals surface area contributed by atoms with Crippen molar-refractivity contribution >= 4 is 0 Å². The molecule has 2 N–H and O–H groups in total. The second-order valence-corrected chi connectivity index (χ2v) is 5.94. The number of imidazole rings is 1. The van der Waals surface area contributed by atoms with Crippen LogP contribution in [0.4, 0.5) is 0 Å². The number of aromatic nitrogens is 2. The summed E-state index contributed by atoms with van der Waals surface area (Å²) in [5.74, 6) is 0. The summed E-state index contributed by atoms with van der Waals surface area (Å²) in [4.78, 5) is 4.22. The van der Waals surface area contributed by atoms with Gasteiger partial charge in [0.1, 0.15) is 0 Å². The molecule has 0 aliphatic heterocycles. The molecule has 2 aliphatic carbocycles. The maximum atomic E-state index is 6.36. The van der Waals surface area contributed by atoms with Crippen LogP contribution in [0, 0.1) is 0 Å². The van der Waals surface area contributed by atoms with Gasteiger partial charge in [0, 0.05) is 11.6 Å². The van der Waals surface area contributed by atoms with Gasteiger partial charge in [-0.05, 0) is 25.7 Å². The number of nitrogens with zero attached hydrogens (tertiary/aromatic N) is 2. The van der Waals surface area contributed by atoms with Gasteiger partial charge in [-0.3, -0.25) is 0 Å². The van der Waals surface area contributed by atoms with Gasteiger partial charge >= 0.3 is 0 Å². The van der Waals surface area contributed by atoms with Crippen LogP contribution < -0.4 is 5.73 Å². The molecular formula is C14H23N3O. The molecule has 1 aromatic rings. The van der Waals surface area contributed by atoms with Crippen molar-refractivity contribution in [3.05, 3.63) is 18.2 Å². The van der Waals surface area contributed by atoms with E-state index in [1.54, 1.807) is 0 Å². The molecule has 0 radical (unpaired) electrons. The van der Waals surface area contributed by atoms with E-state index >= 15 is 0 Å². The van der Waals surface area contributed by atoms with E-state index in [1.807, 2.05) is 12.5 Å². The zero-order valence-corrected chi connectivity index (χ0v) is 11.0. The fourth-order valence-corrected chi connectivity index (χ4v) is 2.88. The molecule has 0 aromatic carbocycles. The molecule has 0 amide bonds. The lowest BCUT2D eigenvalue weighted by Gasteiger charge is -2.33. The van der Waals surface area contributed by atoms with Gasteiger partial charge in [-0.25, -0.2) is 4.98 Å². The summed E-state index contributed by atoms with van der Waals surface area (Å²) in [6, 6.07) is 0.674. The van der Waals surface area contributed by atoms with Crippen molar-refractivity contribution in [2.45, 2.75) is 63.1 Å². The van der Waals surface area contributed by atoms with Gasteiger partial charge in [0.25, 0.3) is 0 Å². The largest absolute Gasteiger partial charge is 0.373 e. The molecule has 2 saturated carbocycles. The van der Waals surface area contributed by atoms with Crippen LogP contribution in [-0.2, 0) is 11.3 Å². The summed E-state index contributed by atoms with van der Waals surface area (Å²) < 4.78 is 8.11. The highest BCUT2D eigenvalue weighted by molar-refractivity contribution is 5.02. The summed E-state index contributed by atoms with van der Waals surface area (Å²) >= 11 is 0. The Morgan fingerprint density at radius 1 is 1.33 bits per heavy atom. The Morgan fingerprint density at radius 2 is 2.11 bits per heavy atom. The Bertz CT molecular complexity index is 391. The molecule has 2 aliphatic rings. The van der Waals surface area contributed by atoms with Crippen molar-refractivity contribution in [2.24, 2.45) is 5.73 Å². The second kappa shape index (κ2) is 5.02. The fraction of sp³-hybridized carbons (Fsp3) is 0.786. The molecule has 3 rings (SSSR count). The first-order valence-corrected chi connectivity index (χ1v) is 7.14. The molecule has 0 spiro atoms. The van der Waals surface area contributed by atoms with Crippen LogP contribution in [-0.4, -0.2) is 21.7 Å². The molecule has 0 atom stereocenters. The van der Waals surface area contributed by atoms with Gasteiger partial charge in [0.15, 0.2) is 0 Å². The van der Waals surface area contributed by atoms with Crippen LogP contribution in [0.15, 0.2) is 12.5 Å². The summed E-state index contributed by atoms with van der Waals surface area (Å²) in [5, 5.41) is 0. The Balaban J connectivity index is 1.50. The van der Waals surface area contributed by atoms with Crippen LogP contribution >= 0.6 is 0 Å². The Labute approximate surface area is 109 Å². The summed E-state index contributed by atoms with van der Waals surface area (Å²) in [6.07, 6.45) is 12.4. The van der Waals surface area contributed by atoms with Crippen LogP contribution in [0.3, 0.4) is 0 Å². The molecule has 2 fully saturated rings. The third-order valence-electron chi connectivity index (χ3n) is 4.18. The van der Waals surface area contributed by atoms with Crippen molar-refractivity contribution in [3.63, 3.8) is 0 Å². The molecule has 1 heterocycles. The number of rotatable bonds is 5. The van der Waals surface area contributed by atoms with Gasteiger partial charge in [-0.15, -0.1) is 0 Å². The van der Waals surface area contributed by atoms with E-state index in [4.69, 9.17) is 10.5 Å². The standard InChI is InChI=1S/C14H23N3O/c15-14(6-2-1-3-7-14)10-18-9-13-8-16-11-17(13)12-4-5-12/h8,11-12H,1-7,9-10,15H2. The first-order chi connectivity index (χ1) is 8.77. The third-order valence-corrected chi connectivity index (χ3v) is 4.18. The Kier molecular flexibility index (Phi) is 3.39. The number of nitrogens with two attached hydrogens (primary N) is 1. The SMILES string of the molecule is NC1(COCc2cncn2C2CC2)CCCCC1. The molecule has 0 saturated heterocycles. The van der Waals surface area contributed by atoms with E-state index in [-0.39, 0.29) is 5.54 Å². The van der Waals surface area contributed by atoms with E-state index in [0.717, 1.165) is 12.8 Å². The number of ether oxygens (including phenoxy) is 1. The van der Waals surface area contributed by atoms with Crippen LogP contribution in [0.2, 0.25) is 0 Å². The Morgan fingerprint density at radius 3 is 2.83 bits per heavy atom. The number of hydrogen-bond acceptors (Lipinski definition) is 3. The number of hydrogen-bond donors (Lipinski definition) is 1. The smallest absolute Gasteiger partial charge is 0.0951 e. The van der Waals surface area contributed by atoms with Crippen molar-refractivity contribution in [2.75, 3.05) is 6.61 Å². The first-order valence-electron chi connectivity index (χ1n) is 7.14. The summed E-state index contributed by atoms with van der Waals surface area (Å²) in [7, 11) is 0. The highest BCUT2D eigenvalue weighted by atomic mass is 16.5. The predicted octanol–water partition coefficient (Wildman–Crippen LogP) is 2.40. The predicted molar refractivity (Wildman–Crippen MR) is 70.2 cm³/mol. The lowest BCUT2D eigenvalue weighted by atomic mass is 9.83. The zero-order chi connectivity index (χ0) is 12.4. The molecular weight excluding hydrogens is 226 g/mol. The zero-order valence-electron chi connectivity index (χ0n) is 11.0. The quantitative estimate of drug-likeness (QED) is 0.871. The normalized spacial score (nSPS) is 23.2. The molecule has 0 bridgehead atoms. The van der Waals surface area contributed by atoms with Gasteiger partial charge in [-0.1, -0.05) is 19.3 Å². The minimum atomic E-state index is -0.0807. The van der Waals surface area contributed by atoms with Crippen LogP contribution in [0.25, 0.3) is 0 Å². The topological polar surface area (TPSA) is 53.1 Å². The maximum absolute atomic E-state index is 6.36. The lowest BCUT2D eigenvalue weighted by Crippen LogP contribution is -2.46. The van der Waals surface area contributed by atoms with Gasteiger partial charge < -0.3 is 15.0 Å². The Hall–Kier alpha value is -0.870. The minimum absolute atomic E-state index is 0.0807. The van der Waals surface area contributed by atoms with Crippen molar-refractivity contribution in [3.8, 4) is 0 Å². The van der Waals surface area contributed by atoms with E-state index < -0.39 is 0 Å². The van der Waals surface area contributed by atoms with E-state index in [2.05, 4.69) is 9.55 Å². The first kappa shape index (κ1) is 12.2. The summed E-state index contributed by atoms with van der Waals surface area (Å²) in [6.45, 7) is 1.33. The molecule has 18 heavy (non-hydrogen) atoms. The van der Waals surface area contributed by atoms with Gasteiger partial charge in [0.05, 0.1) is 31.4 Å². The van der Waals surface area contributed by atoms with Crippen molar-refractivity contribution in [1.29, 1.82) is 0 Å². The average molecular weight is 249 g/mol. The fourth-order valence-electron chi connectivity index (χ4n) is 2.88. The van der Waals surface area contributed by atoms with E-state index in [1.165, 1.54) is 37.8 Å². The van der Waals surface area contributed by atoms with E-state index in [0.29, 0.717) is 19.3 Å². The average Bonchev–Trinajstić information content (AvgIpc) is 3.11.